The van der Waals surface area contributed by atoms with Gasteiger partial charge in [-0.15, -0.1) is 0 Å². The van der Waals surface area contributed by atoms with E-state index in [0.29, 0.717) is 11.9 Å². The van der Waals surface area contributed by atoms with Crippen LogP contribution in [0, 0.1) is 0 Å². The molecule has 2 aliphatic rings. The molecule has 0 aliphatic carbocycles. The lowest BCUT2D eigenvalue weighted by Crippen LogP contribution is -2.45. The van der Waals surface area contributed by atoms with Gasteiger partial charge in [-0.2, -0.15) is 0 Å². The molecule has 0 unspecified atom stereocenters. The maximum atomic E-state index is 12.8. The molecule has 2 aromatic rings. The van der Waals surface area contributed by atoms with Gasteiger partial charge in [-0.1, -0.05) is 37.3 Å². The SMILES string of the molecule is C[C@H](Cc1ccccc1)N(C)C(=O)Oc1ccc2c(c1)[C@]1(C)CCN(C)[C@@H]1N2C. The van der Waals surface area contributed by atoms with Gasteiger partial charge >= 0.3 is 6.09 Å². The summed E-state index contributed by atoms with van der Waals surface area (Å²) in [5.41, 5.74) is 3.78. The van der Waals surface area contributed by atoms with E-state index in [4.69, 9.17) is 4.74 Å². The van der Waals surface area contributed by atoms with Crippen LogP contribution in [-0.2, 0) is 11.8 Å². The zero-order valence-corrected chi connectivity index (χ0v) is 18.1. The van der Waals surface area contributed by atoms with Gasteiger partial charge in [0.1, 0.15) is 5.75 Å². The molecule has 0 aromatic heterocycles. The Labute approximate surface area is 173 Å². The van der Waals surface area contributed by atoms with Crippen molar-refractivity contribution in [2.45, 2.75) is 44.3 Å². The highest BCUT2D eigenvalue weighted by Gasteiger charge is 2.52. The Kier molecular flexibility index (Phi) is 5.03. The van der Waals surface area contributed by atoms with Gasteiger partial charge < -0.3 is 14.5 Å². The van der Waals surface area contributed by atoms with Crippen molar-refractivity contribution in [3.63, 3.8) is 0 Å². The van der Waals surface area contributed by atoms with Gasteiger partial charge in [0.05, 0.1) is 6.17 Å². The number of rotatable bonds is 4. The van der Waals surface area contributed by atoms with Crippen molar-refractivity contribution >= 4 is 11.8 Å². The van der Waals surface area contributed by atoms with Crippen LogP contribution in [0.15, 0.2) is 48.5 Å². The molecule has 4 rings (SSSR count). The summed E-state index contributed by atoms with van der Waals surface area (Å²) < 4.78 is 5.77. The number of anilines is 1. The first-order valence-electron chi connectivity index (χ1n) is 10.4. The summed E-state index contributed by atoms with van der Waals surface area (Å²) in [4.78, 5) is 19.2. The smallest absolute Gasteiger partial charge is 0.410 e. The van der Waals surface area contributed by atoms with E-state index in [2.05, 4.69) is 55.1 Å². The van der Waals surface area contributed by atoms with Gasteiger partial charge in [-0.3, -0.25) is 4.90 Å². The number of hydrogen-bond donors (Lipinski definition) is 0. The number of ether oxygens (including phenoxy) is 1. The number of fused-ring (bicyclic) bond motifs is 3. The fraction of sp³-hybridized carbons (Fsp3) is 0.458. The van der Waals surface area contributed by atoms with Crippen LogP contribution in [-0.4, -0.2) is 55.8 Å². The number of carbonyl (C=O) groups excluding carboxylic acids is 1. The van der Waals surface area contributed by atoms with Gasteiger partial charge in [0, 0.05) is 37.8 Å². The minimum Gasteiger partial charge on any atom is -0.410 e. The number of likely N-dealkylation sites (tertiary alicyclic amines) is 1. The van der Waals surface area contributed by atoms with Crippen LogP contribution in [0.5, 0.6) is 5.75 Å². The summed E-state index contributed by atoms with van der Waals surface area (Å²) in [7, 11) is 6.14. The molecular weight excluding hydrogens is 362 g/mol. The Morgan fingerprint density at radius 1 is 1.24 bits per heavy atom. The van der Waals surface area contributed by atoms with Gasteiger partial charge in [0.2, 0.25) is 0 Å². The van der Waals surface area contributed by atoms with Gasteiger partial charge in [0.25, 0.3) is 0 Å². The molecule has 29 heavy (non-hydrogen) atoms. The highest BCUT2D eigenvalue weighted by atomic mass is 16.6. The minimum atomic E-state index is -0.315. The standard InChI is InChI=1S/C24H31N3O2/c1-17(15-18-9-7-6-8-10-18)26(4)23(28)29-19-11-12-21-20(16-19)24(2)13-14-25(3)22(24)27(21)5/h6-12,16-17,22H,13-15H2,1-5H3/t17-,22-,24+/m1/s1. The first-order chi connectivity index (χ1) is 13.8. The highest BCUT2D eigenvalue weighted by Crippen LogP contribution is 2.51. The van der Waals surface area contributed by atoms with Crippen LogP contribution in [0.3, 0.4) is 0 Å². The molecule has 5 heteroatoms. The Hall–Kier alpha value is -2.53. The number of likely N-dealkylation sites (N-methyl/N-ethyl adjacent to an activating group) is 3. The number of nitrogens with zero attached hydrogens (tertiary/aromatic N) is 3. The zero-order valence-electron chi connectivity index (χ0n) is 18.1. The van der Waals surface area contributed by atoms with Crippen molar-refractivity contribution in [2.75, 3.05) is 32.6 Å². The predicted octanol–water partition coefficient (Wildman–Crippen LogP) is 4.12. The summed E-state index contributed by atoms with van der Waals surface area (Å²) in [6.07, 6.45) is 1.95. The largest absolute Gasteiger partial charge is 0.415 e. The lowest BCUT2D eigenvalue weighted by atomic mass is 9.81. The lowest BCUT2D eigenvalue weighted by molar-refractivity contribution is 0.148. The molecule has 2 heterocycles. The van der Waals surface area contributed by atoms with E-state index < -0.39 is 0 Å². The second-order valence-corrected chi connectivity index (χ2v) is 8.83. The topological polar surface area (TPSA) is 36.0 Å². The average Bonchev–Trinajstić information content (AvgIpc) is 3.13. The Morgan fingerprint density at radius 2 is 1.97 bits per heavy atom. The summed E-state index contributed by atoms with van der Waals surface area (Å²) in [6.45, 7) is 5.45. The molecule has 2 aliphatic heterocycles. The second-order valence-electron chi connectivity index (χ2n) is 8.83. The Morgan fingerprint density at radius 3 is 2.69 bits per heavy atom. The van der Waals surface area contributed by atoms with Gasteiger partial charge in [-0.05, 0) is 56.1 Å². The monoisotopic (exact) mass is 393 g/mol. The third kappa shape index (κ3) is 3.38. The van der Waals surface area contributed by atoms with Crippen molar-refractivity contribution < 1.29 is 9.53 Å². The second kappa shape index (κ2) is 7.38. The van der Waals surface area contributed by atoms with Crippen LogP contribution < -0.4 is 9.64 Å². The van der Waals surface area contributed by atoms with E-state index in [-0.39, 0.29) is 17.6 Å². The van der Waals surface area contributed by atoms with Crippen LogP contribution in [0.25, 0.3) is 0 Å². The van der Waals surface area contributed by atoms with E-state index >= 15 is 0 Å². The summed E-state index contributed by atoms with van der Waals surface area (Å²) in [5, 5.41) is 0. The van der Waals surface area contributed by atoms with Crippen molar-refractivity contribution in [1.82, 2.24) is 9.80 Å². The fourth-order valence-electron chi connectivity index (χ4n) is 5.06. The molecule has 1 saturated heterocycles. The maximum Gasteiger partial charge on any atom is 0.415 e. The van der Waals surface area contributed by atoms with Crippen molar-refractivity contribution in [2.24, 2.45) is 0 Å². The van der Waals surface area contributed by atoms with Crippen molar-refractivity contribution in [3.8, 4) is 5.75 Å². The Balaban J connectivity index is 1.48. The quantitative estimate of drug-likeness (QED) is 0.783. The first kappa shape index (κ1) is 19.8. The molecule has 0 saturated carbocycles. The van der Waals surface area contributed by atoms with Crippen molar-refractivity contribution in [1.29, 1.82) is 0 Å². The number of hydrogen-bond acceptors (Lipinski definition) is 4. The first-order valence-corrected chi connectivity index (χ1v) is 10.4. The minimum absolute atomic E-state index is 0.0517. The fourth-order valence-corrected chi connectivity index (χ4v) is 5.06. The molecule has 0 radical (unpaired) electrons. The summed E-state index contributed by atoms with van der Waals surface area (Å²) in [6, 6.07) is 16.3. The maximum absolute atomic E-state index is 12.8. The summed E-state index contributed by atoms with van der Waals surface area (Å²) in [5.74, 6) is 0.623. The number of carbonyl (C=O) groups is 1. The van der Waals surface area contributed by atoms with Gasteiger partial charge in [0.15, 0.2) is 0 Å². The Bertz CT molecular complexity index is 900. The number of amides is 1. The van der Waals surface area contributed by atoms with Crippen LogP contribution >= 0.6 is 0 Å². The average molecular weight is 394 g/mol. The van der Waals surface area contributed by atoms with Crippen LogP contribution in [0.2, 0.25) is 0 Å². The van der Waals surface area contributed by atoms with Crippen LogP contribution in [0.4, 0.5) is 10.5 Å². The molecule has 0 N–H and O–H groups in total. The molecule has 0 bridgehead atoms. The molecule has 154 valence electrons. The van der Waals surface area contributed by atoms with E-state index in [1.807, 2.05) is 31.2 Å². The third-order valence-corrected chi connectivity index (χ3v) is 6.83. The summed E-state index contributed by atoms with van der Waals surface area (Å²) >= 11 is 0. The zero-order chi connectivity index (χ0) is 20.8. The molecule has 3 atom stereocenters. The molecular formula is C24H31N3O2. The molecule has 2 aromatic carbocycles. The van der Waals surface area contributed by atoms with Gasteiger partial charge in [-0.25, -0.2) is 4.79 Å². The molecule has 1 amide bonds. The molecule has 1 fully saturated rings. The normalized spacial score (nSPS) is 24.2. The molecule has 0 spiro atoms. The van der Waals surface area contributed by atoms with E-state index in [0.717, 1.165) is 19.4 Å². The van der Waals surface area contributed by atoms with E-state index in [1.165, 1.54) is 16.8 Å². The van der Waals surface area contributed by atoms with E-state index in [9.17, 15) is 4.79 Å². The van der Waals surface area contributed by atoms with E-state index in [1.54, 1.807) is 11.9 Å². The lowest BCUT2D eigenvalue weighted by Gasteiger charge is -2.32. The number of benzene rings is 2. The third-order valence-electron chi connectivity index (χ3n) is 6.83. The predicted molar refractivity (Wildman–Crippen MR) is 117 cm³/mol. The molecule has 5 nitrogen and oxygen atoms in total. The van der Waals surface area contributed by atoms with Crippen LogP contribution in [0.1, 0.15) is 31.4 Å². The van der Waals surface area contributed by atoms with Crippen molar-refractivity contribution in [3.05, 3.63) is 59.7 Å². The highest BCUT2D eigenvalue weighted by molar-refractivity contribution is 5.72.